The second kappa shape index (κ2) is 7.54. The third kappa shape index (κ3) is 3.45. The van der Waals surface area contributed by atoms with Crippen LogP contribution in [0.25, 0.3) is 5.65 Å². The van der Waals surface area contributed by atoms with Gasteiger partial charge in [0.2, 0.25) is 6.79 Å². The van der Waals surface area contributed by atoms with Crippen LogP contribution in [0.5, 0.6) is 17.2 Å². The smallest absolute Gasteiger partial charge is 0.263 e. The molecule has 6 rings (SSSR count). The van der Waals surface area contributed by atoms with Gasteiger partial charge < -0.3 is 24.0 Å². The van der Waals surface area contributed by atoms with Crippen molar-refractivity contribution < 1.29 is 19.0 Å². The van der Waals surface area contributed by atoms with Crippen LogP contribution in [0.3, 0.4) is 0 Å². The number of ether oxygens (including phenoxy) is 3. The molecule has 3 aromatic rings. The normalized spacial score (nSPS) is 18.8. The summed E-state index contributed by atoms with van der Waals surface area (Å²) in [6.45, 7) is 4.64. The molecule has 0 N–H and O–H groups in total. The Morgan fingerprint density at radius 1 is 1.06 bits per heavy atom. The van der Waals surface area contributed by atoms with Gasteiger partial charge in [0, 0.05) is 38.2 Å². The summed E-state index contributed by atoms with van der Waals surface area (Å²) in [4.78, 5) is 17.0. The van der Waals surface area contributed by atoms with E-state index in [2.05, 4.69) is 15.1 Å². The summed E-state index contributed by atoms with van der Waals surface area (Å²) in [5, 5.41) is 13.3. The van der Waals surface area contributed by atoms with E-state index in [4.69, 9.17) is 19.3 Å². The van der Waals surface area contributed by atoms with Crippen molar-refractivity contribution in [2.75, 3.05) is 37.9 Å². The van der Waals surface area contributed by atoms with Crippen molar-refractivity contribution in [3.05, 3.63) is 36.2 Å². The standard InChI is InChI=1S/C22H24N6O4/c1-14(32-16-4-5-17-18(12-16)31-13-30-17)22(29)27-10-8-26(9-11-27)20-7-6-19-23-24-21(15-2-3-15)28(19)25-20/h4-7,12,14-15H,2-3,8-11,13H2,1H3/t14-/m1/s1. The molecular weight excluding hydrogens is 412 g/mol. The van der Waals surface area contributed by atoms with E-state index >= 15 is 0 Å². The average Bonchev–Trinajstić information content (AvgIpc) is 3.40. The van der Waals surface area contributed by atoms with Crippen LogP contribution >= 0.6 is 0 Å². The lowest BCUT2D eigenvalue weighted by molar-refractivity contribution is -0.138. The summed E-state index contributed by atoms with van der Waals surface area (Å²) in [6.07, 6.45) is 1.72. The monoisotopic (exact) mass is 436 g/mol. The molecule has 0 spiro atoms. The SMILES string of the molecule is C[C@@H](Oc1ccc2c(c1)OCO2)C(=O)N1CCN(c2ccc3nnc(C4CC4)n3n2)CC1. The van der Waals surface area contributed by atoms with Crippen LogP contribution in [-0.2, 0) is 4.79 Å². The van der Waals surface area contributed by atoms with E-state index in [1.54, 1.807) is 25.1 Å². The molecule has 2 fully saturated rings. The molecule has 10 nitrogen and oxygen atoms in total. The van der Waals surface area contributed by atoms with Gasteiger partial charge in [0.25, 0.3) is 5.91 Å². The Kier molecular flexibility index (Phi) is 4.51. The number of anilines is 1. The maximum absolute atomic E-state index is 12.9. The fraction of sp³-hybridized carbons (Fsp3) is 0.455. The first kappa shape index (κ1) is 19.1. The first-order chi connectivity index (χ1) is 15.7. The minimum absolute atomic E-state index is 0.0273. The third-order valence-corrected chi connectivity index (χ3v) is 6.14. The quantitative estimate of drug-likeness (QED) is 0.598. The van der Waals surface area contributed by atoms with Crippen LogP contribution < -0.4 is 19.1 Å². The molecule has 0 radical (unpaired) electrons. The number of nitrogens with zero attached hydrogens (tertiary/aromatic N) is 6. The molecule has 0 unspecified atom stereocenters. The first-order valence-electron chi connectivity index (χ1n) is 11.0. The van der Waals surface area contributed by atoms with Crippen molar-refractivity contribution >= 4 is 17.4 Å². The number of aromatic nitrogens is 4. The number of hydrogen-bond donors (Lipinski definition) is 0. The molecular formula is C22H24N6O4. The molecule has 1 aromatic carbocycles. The average molecular weight is 436 g/mol. The van der Waals surface area contributed by atoms with E-state index in [-0.39, 0.29) is 12.7 Å². The van der Waals surface area contributed by atoms with Gasteiger partial charge >= 0.3 is 0 Å². The van der Waals surface area contributed by atoms with Gasteiger partial charge in [-0.3, -0.25) is 4.79 Å². The molecule has 4 heterocycles. The molecule has 3 aliphatic rings. The van der Waals surface area contributed by atoms with Gasteiger partial charge in [-0.15, -0.1) is 15.3 Å². The van der Waals surface area contributed by atoms with Crippen LogP contribution in [0.15, 0.2) is 30.3 Å². The minimum atomic E-state index is -0.588. The summed E-state index contributed by atoms with van der Waals surface area (Å²) >= 11 is 0. The van der Waals surface area contributed by atoms with Crippen LogP contribution in [0, 0.1) is 0 Å². The fourth-order valence-corrected chi connectivity index (χ4v) is 4.18. The third-order valence-electron chi connectivity index (χ3n) is 6.14. The van der Waals surface area contributed by atoms with Gasteiger partial charge in [0.1, 0.15) is 11.6 Å². The van der Waals surface area contributed by atoms with Crippen molar-refractivity contribution in [3.8, 4) is 17.2 Å². The van der Waals surface area contributed by atoms with Crippen LogP contribution in [0.4, 0.5) is 5.82 Å². The lowest BCUT2D eigenvalue weighted by atomic mass is 10.2. The van der Waals surface area contributed by atoms with Crippen LogP contribution in [0.2, 0.25) is 0 Å². The largest absolute Gasteiger partial charge is 0.481 e. The van der Waals surface area contributed by atoms with Gasteiger partial charge in [0.05, 0.1) is 0 Å². The first-order valence-corrected chi connectivity index (χ1v) is 11.0. The number of carbonyl (C=O) groups excluding carboxylic acids is 1. The van der Waals surface area contributed by atoms with E-state index in [1.165, 1.54) is 0 Å². The number of fused-ring (bicyclic) bond motifs is 2. The van der Waals surface area contributed by atoms with Gasteiger partial charge in [0.15, 0.2) is 29.1 Å². The Balaban J connectivity index is 1.09. The van der Waals surface area contributed by atoms with Crippen molar-refractivity contribution in [2.24, 2.45) is 0 Å². The topological polar surface area (TPSA) is 94.3 Å². The minimum Gasteiger partial charge on any atom is -0.481 e. The molecule has 1 amide bonds. The molecule has 1 saturated heterocycles. The Bertz CT molecular complexity index is 1170. The number of piperazine rings is 1. The van der Waals surface area contributed by atoms with E-state index in [1.807, 2.05) is 21.5 Å². The Morgan fingerprint density at radius 3 is 2.69 bits per heavy atom. The van der Waals surface area contributed by atoms with E-state index in [0.29, 0.717) is 49.3 Å². The summed E-state index contributed by atoms with van der Waals surface area (Å²) in [7, 11) is 0. The number of hydrogen-bond acceptors (Lipinski definition) is 8. The zero-order valence-corrected chi connectivity index (χ0v) is 17.8. The van der Waals surface area contributed by atoms with Crippen LogP contribution in [-0.4, -0.2) is 69.7 Å². The highest BCUT2D eigenvalue weighted by Crippen LogP contribution is 2.39. The molecule has 32 heavy (non-hydrogen) atoms. The Labute approximate surface area is 184 Å². The van der Waals surface area contributed by atoms with Crippen LogP contribution in [0.1, 0.15) is 31.5 Å². The molecule has 2 aliphatic heterocycles. The summed E-state index contributed by atoms with van der Waals surface area (Å²) in [5.74, 6) is 4.20. The van der Waals surface area contributed by atoms with E-state index in [9.17, 15) is 4.79 Å². The molecule has 0 bridgehead atoms. The molecule has 1 saturated carbocycles. The molecule has 1 atom stereocenters. The van der Waals surface area contributed by atoms with Gasteiger partial charge in [-0.05, 0) is 44.0 Å². The highest BCUT2D eigenvalue weighted by atomic mass is 16.7. The predicted molar refractivity (Wildman–Crippen MR) is 114 cm³/mol. The lowest BCUT2D eigenvalue weighted by Gasteiger charge is -2.36. The van der Waals surface area contributed by atoms with E-state index < -0.39 is 6.10 Å². The molecule has 166 valence electrons. The number of carbonyl (C=O) groups is 1. The number of benzene rings is 1. The van der Waals surface area contributed by atoms with Gasteiger partial charge in [-0.1, -0.05) is 0 Å². The van der Waals surface area contributed by atoms with Crippen molar-refractivity contribution in [2.45, 2.75) is 31.8 Å². The van der Waals surface area contributed by atoms with Crippen molar-refractivity contribution in [1.29, 1.82) is 0 Å². The second-order valence-corrected chi connectivity index (χ2v) is 8.38. The summed E-state index contributed by atoms with van der Waals surface area (Å²) < 4.78 is 18.4. The summed E-state index contributed by atoms with van der Waals surface area (Å²) in [6, 6.07) is 9.27. The van der Waals surface area contributed by atoms with E-state index in [0.717, 1.165) is 30.1 Å². The molecule has 2 aromatic heterocycles. The lowest BCUT2D eigenvalue weighted by Crippen LogP contribution is -2.52. The molecule has 10 heteroatoms. The van der Waals surface area contributed by atoms with Gasteiger partial charge in [-0.2, -0.15) is 4.52 Å². The zero-order valence-electron chi connectivity index (χ0n) is 17.8. The number of rotatable bonds is 5. The second-order valence-electron chi connectivity index (χ2n) is 8.38. The number of amides is 1. The Hall–Kier alpha value is -3.56. The van der Waals surface area contributed by atoms with Crippen molar-refractivity contribution in [1.82, 2.24) is 24.7 Å². The highest BCUT2D eigenvalue weighted by Gasteiger charge is 2.30. The highest BCUT2D eigenvalue weighted by molar-refractivity contribution is 5.81. The predicted octanol–water partition coefficient (Wildman–Crippen LogP) is 1.85. The van der Waals surface area contributed by atoms with Gasteiger partial charge in [-0.25, -0.2) is 0 Å². The zero-order chi connectivity index (χ0) is 21.7. The molecule has 1 aliphatic carbocycles. The van der Waals surface area contributed by atoms with Crippen molar-refractivity contribution in [3.63, 3.8) is 0 Å². The maximum Gasteiger partial charge on any atom is 0.263 e. The Morgan fingerprint density at radius 2 is 1.88 bits per heavy atom. The maximum atomic E-state index is 12.9. The fourth-order valence-electron chi connectivity index (χ4n) is 4.18. The summed E-state index contributed by atoms with van der Waals surface area (Å²) in [5.41, 5.74) is 0.777.